The Kier molecular flexibility index (Phi) is 2.79. The van der Waals surface area contributed by atoms with Gasteiger partial charge in [-0.1, -0.05) is 25.1 Å². The first-order chi connectivity index (χ1) is 10.2. The van der Waals surface area contributed by atoms with Gasteiger partial charge in [0.05, 0.1) is 6.54 Å². The van der Waals surface area contributed by atoms with Crippen molar-refractivity contribution in [1.29, 1.82) is 0 Å². The summed E-state index contributed by atoms with van der Waals surface area (Å²) in [6.07, 6.45) is 1.68. The molecule has 2 aliphatic heterocycles. The molecule has 0 unspecified atom stereocenters. The summed E-state index contributed by atoms with van der Waals surface area (Å²) in [5.74, 6) is 0.165. The van der Waals surface area contributed by atoms with Crippen LogP contribution in [0.25, 0.3) is 10.9 Å². The number of H-pyrrole nitrogens is 1. The molecule has 4 rings (SSSR count). The third-order valence-electron chi connectivity index (χ3n) is 4.48. The van der Waals surface area contributed by atoms with Gasteiger partial charge in [-0.05, 0) is 30.3 Å². The molecule has 1 saturated heterocycles. The molecule has 1 aromatic carbocycles. The summed E-state index contributed by atoms with van der Waals surface area (Å²) in [7, 11) is 0. The molecule has 21 heavy (non-hydrogen) atoms. The maximum absolute atomic E-state index is 12.6. The van der Waals surface area contributed by atoms with Crippen LogP contribution in [0.4, 0.5) is 0 Å². The van der Waals surface area contributed by atoms with E-state index in [4.69, 9.17) is 12.2 Å². The van der Waals surface area contributed by atoms with Crippen LogP contribution < -0.4 is 0 Å². The molecule has 1 amide bonds. The van der Waals surface area contributed by atoms with Crippen molar-refractivity contribution in [2.45, 2.75) is 32.4 Å². The SMILES string of the molecule is CCCN1C(=O)[C@@H]2Cc3c([nH]c4ccccc34)CN2C1=S. The van der Waals surface area contributed by atoms with Gasteiger partial charge in [0.15, 0.2) is 5.11 Å². The van der Waals surface area contributed by atoms with Crippen LogP contribution >= 0.6 is 12.2 Å². The Labute approximate surface area is 128 Å². The van der Waals surface area contributed by atoms with Crippen molar-refractivity contribution in [2.75, 3.05) is 6.54 Å². The molecule has 0 saturated carbocycles. The zero-order chi connectivity index (χ0) is 14.6. The molecule has 0 aliphatic carbocycles. The van der Waals surface area contributed by atoms with Crippen molar-refractivity contribution in [2.24, 2.45) is 0 Å². The van der Waals surface area contributed by atoms with E-state index in [1.165, 1.54) is 16.6 Å². The summed E-state index contributed by atoms with van der Waals surface area (Å²) in [6.45, 7) is 3.50. The zero-order valence-electron chi connectivity index (χ0n) is 11.9. The molecule has 1 N–H and O–H groups in total. The number of hydrogen-bond acceptors (Lipinski definition) is 2. The molecule has 0 spiro atoms. The van der Waals surface area contributed by atoms with Gasteiger partial charge >= 0.3 is 0 Å². The van der Waals surface area contributed by atoms with E-state index in [-0.39, 0.29) is 11.9 Å². The Bertz CT molecular complexity index is 751. The Morgan fingerprint density at radius 1 is 1.38 bits per heavy atom. The van der Waals surface area contributed by atoms with E-state index < -0.39 is 0 Å². The maximum Gasteiger partial charge on any atom is 0.251 e. The molecule has 0 radical (unpaired) electrons. The van der Waals surface area contributed by atoms with Crippen LogP contribution in [0.5, 0.6) is 0 Å². The van der Waals surface area contributed by atoms with Crippen LogP contribution in [0, 0.1) is 0 Å². The van der Waals surface area contributed by atoms with Gasteiger partial charge in [-0.3, -0.25) is 9.69 Å². The zero-order valence-corrected chi connectivity index (χ0v) is 12.7. The molecule has 0 bridgehead atoms. The van der Waals surface area contributed by atoms with Crippen molar-refractivity contribution >= 4 is 34.1 Å². The standard InChI is InChI=1S/C16H17N3OS/c1-2-7-18-15(20)14-8-11-10-5-3-4-6-12(10)17-13(11)9-19(14)16(18)21/h3-6,14,17H,2,7-9H2,1H3/t14-/m0/s1. The van der Waals surface area contributed by atoms with Crippen molar-refractivity contribution in [3.63, 3.8) is 0 Å². The molecule has 2 aromatic rings. The lowest BCUT2D eigenvalue weighted by atomic mass is 9.97. The van der Waals surface area contributed by atoms with Crippen LogP contribution in [0.3, 0.4) is 0 Å². The summed E-state index contributed by atoms with van der Waals surface area (Å²) >= 11 is 5.51. The number of benzene rings is 1. The van der Waals surface area contributed by atoms with Crippen molar-refractivity contribution in [3.05, 3.63) is 35.5 Å². The first-order valence-corrected chi connectivity index (χ1v) is 7.82. The van der Waals surface area contributed by atoms with Crippen molar-refractivity contribution in [3.8, 4) is 0 Å². The second-order valence-corrected chi connectivity index (χ2v) is 6.11. The highest BCUT2D eigenvalue weighted by atomic mass is 32.1. The first kappa shape index (κ1) is 12.8. The fraction of sp³-hybridized carbons (Fsp3) is 0.375. The van der Waals surface area contributed by atoms with Gasteiger partial charge in [-0.25, -0.2) is 0 Å². The number of para-hydroxylation sites is 1. The fourth-order valence-corrected chi connectivity index (χ4v) is 3.86. The van der Waals surface area contributed by atoms with Gasteiger partial charge in [0.1, 0.15) is 6.04 Å². The van der Waals surface area contributed by atoms with Crippen LogP contribution in [0.2, 0.25) is 0 Å². The number of carbonyl (C=O) groups is 1. The average Bonchev–Trinajstić information content (AvgIpc) is 2.97. The number of amides is 1. The second kappa shape index (κ2) is 4.56. The van der Waals surface area contributed by atoms with Crippen LogP contribution in [-0.2, 0) is 17.8 Å². The molecule has 5 heteroatoms. The maximum atomic E-state index is 12.6. The van der Waals surface area contributed by atoms with E-state index in [1.54, 1.807) is 4.90 Å². The summed E-state index contributed by atoms with van der Waals surface area (Å²) < 4.78 is 0. The van der Waals surface area contributed by atoms with Crippen LogP contribution in [0.15, 0.2) is 24.3 Å². The lowest BCUT2D eigenvalue weighted by molar-refractivity contribution is -0.128. The van der Waals surface area contributed by atoms with Gasteiger partial charge in [-0.2, -0.15) is 0 Å². The molecule has 1 atom stereocenters. The molecule has 108 valence electrons. The monoisotopic (exact) mass is 299 g/mol. The Balaban J connectivity index is 1.76. The predicted octanol–water partition coefficient (Wildman–Crippen LogP) is 2.43. The van der Waals surface area contributed by atoms with E-state index >= 15 is 0 Å². The van der Waals surface area contributed by atoms with E-state index in [0.29, 0.717) is 11.7 Å². The predicted molar refractivity (Wildman–Crippen MR) is 85.9 cm³/mol. The molecule has 1 aromatic heterocycles. The number of thiocarbonyl (C=S) groups is 1. The normalized spacial score (nSPS) is 21.1. The third kappa shape index (κ3) is 1.73. The highest BCUT2D eigenvalue weighted by molar-refractivity contribution is 7.80. The quantitative estimate of drug-likeness (QED) is 0.866. The molecule has 2 aliphatic rings. The smallest absolute Gasteiger partial charge is 0.251 e. The van der Waals surface area contributed by atoms with E-state index in [1.807, 2.05) is 12.1 Å². The van der Waals surface area contributed by atoms with Gasteiger partial charge < -0.3 is 9.88 Å². The third-order valence-corrected chi connectivity index (χ3v) is 4.93. The van der Waals surface area contributed by atoms with Gasteiger partial charge in [0.2, 0.25) is 0 Å². The number of rotatable bonds is 2. The average molecular weight is 299 g/mol. The molecule has 1 fully saturated rings. The van der Waals surface area contributed by atoms with E-state index in [9.17, 15) is 4.79 Å². The summed E-state index contributed by atoms with van der Waals surface area (Å²) in [5, 5.41) is 1.93. The molecule has 4 nitrogen and oxygen atoms in total. The van der Waals surface area contributed by atoms with Gasteiger partial charge in [0, 0.05) is 29.6 Å². The minimum atomic E-state index is -0.115. The lowest BCUT2D eigenvalue weighted by Crippen LogP contribution is -2.39. The lowest BCUT2D eigenvalue weighted by Gasteiger charge is -2.28. The highest BCUT2D eigenvalue weighted by Gasteiger charge is 2.45. The summed E-state index contributed by atoms with van der Waals surface area (Å²) in [6, 6.07) is 8.18. The molecular formula is C16H17N3OS. The number of carbonyl (C=O) groups excluding carboxylic acids is 1. The highest BCUT2D eigenvalue weighted by Crippen LogP contribution is 2.34. The largest absolute Gasteiger partial charge is 0.357 e. The number of aromatic nitrogens is 1. The van der Waals surface area contributed by atoms with Crippen LogP contribution in [-0.4, -0.2) is 38.4 Å². The Morgan fingerprint density at radius 3 is 3.00 bits per heavy atom. The summed E-state index contributed by atoms with van der Waals surface area (Å²) in [4.78, 5) is 19.9. The number of aromatic amines is 1. The summed E-state index contributed by atoms with van der Waals surface area (Å²) in [5.41, 5.74) is 3.62. The van der Waals surface area contributed by atoms with Crippen molar-refractivity contribution in [1.82, 2.24) is 14.8 Å². The van der Waals surface area contributed by atoms with Gasteiger partial charge in [0.25, 0.3) is 5.91 Å². The van der Waals surface area contributed by atoms with Gasteiger partial charge in [-0.15, -0.1) is 0 Å². The Hall–Kier alpha value is -1.88. The number of nitrogens with zero attached hydrogens (tertiary/aromatic N) is 2. The van der Waals surface area contributed by atoms with Crippen molar-refractivity contribution < 1.29 is 4.79 Å². The number of hydrogen-bond donors (Lipinski definition) is 1. The topological polar surface area (TPSA) is 39.3 Å². The number of nitrogens with one attached hydrogen (secondary N) is 1. The molecule has 3 heterocycles. The Morgan fingerprint density at radius 2 is 2.19 bits per heavy atom. The fourth-order valence-electron chi connectivity index (χ4n) is 3.49. The van der Waals surface area contributed by atoms with Crippen LogP contribution in [0.1, 0.15) is 24.6 Å². The number of fused-ring (bicyclic) bond motifs is 4. The minimum Gasteiger partial charge on any atom is -0.357 e. The molecular weight excluding hydrogens is 282 g/mol. The first-order valence-electron chi connectivity index (χ1n) is 7.41. The minimum absolute atomic E-state index is 0.115. The van der Waals surface area contributed by atoms with E-state index in [0.717, 1.165) is 24.9 Å². The second-order valence-electron chi connectivity index (χ2n) is 5.75. The van der Waals surface area contributed by atoms with E-state index in [2.05, 4.69) is 28.9 Å².